The third-order valence-corrected chi connectivity index (χ3v) is 4.01. The number of hydrogen-bond acceptors (Lipinski definition) is 4. The Morgan fingerprint density at radius 1 is 1.40 bits per heavy atom. The monoisotopic (exact) mass is 290 g/mol. The SMILES string of the molecule is COc1cc(N)ccc1C(=O)N(C)CCc1cccs1. The summed E-state index contributed by atoms with van der Waals surface area (Å²) in [7, 11) is 3.34. The Morgan fingerprint density at radius 2 is 2.20 bits per heavy atom. The number of hydrogen-bond donors (Lipinski definition) is 1. The number of thiophene rings is 1. The first-order valence-corrected chi connectivity index (χ1v) is 7.21. The van der Waals surface area contributed by atoms with Gasteiger partial charge in [-0.15, -0.1) is 11.3 Å². The fraction of sp³-hybridized carbons (Fsp3) is 0.267. The van der Waals surface area contributed by atoms with Crippen LogP contribution in [0.2, 0.25) is 0 Å². The molecule has 0 aliphatic rings. The largest absolute Gasteiger partial charge is 0.496 e. The van der Waals surface area contributed by atoms with Gasteiger partial charge in [-0.2, -0.15) is 0 Å². The number of carbonyl (C=O) groups excluding carboxylic acids is 1. The number of amides is 1. The number of nitrogens with two attached hydrogens (primary N) is 1. The molecule has 1 heterocycles. The lowest BCUT2D eigenvalue weighted by atomic mass is 10.1. The van der Waals surface area contributed by atoms with Crippen molar-refractivity contribution in [1.82, 2.24) is 4.90 Å². The van der Waals surface area contributed by atoms with Gasteiger partial charge in [-0.1, -0.05) is 6.07 Å². The first kappa shape index (κ1) is 14.4. The molecule has 0 bridgehead atoms. The van der Waals surface area contributed by atoms with E-state index < -0.39 is 0 Å². The number of methoxy groups -OCH3 is 1. The van der Waals surface area contributed by atoms with Crippen molar-refractivity contribution in [2.45, 2.75) is 6.42 Å². The molecule has 0 radical (unpaired) electrons. The number of nitrogens with zero attached hydrogens (tertiary/aromatic N) is 1. The highest BCUT2D eigenvalue weighted by Gasteiger charge is 2.16. The molecule has 0 aliphatic heterocycles. The van der Waals surface area contributed by atoms with E-state index in [0.717, 1.165) is 6.42 Å². The van der Waals surface area contributed by atoms with Crippen molar-refractivity contribution in [1.29, 1.82) is 0 Å². The van der Waals surface area contributed by atoms with Crippen LogP contribution in [0.25, 0.3) is 0 Å². The Labute approximate surface area is 122 Å². The van der Waals surface area contributed by atoms with Gasteiger partial charge in [-0.3, -0.25) is 4.79 Å². The Kier molecular flexibility index (Phi) is 4.63. The molecule has 4 nitrogen and oxygen atoms in total. The maximum absolute atomic E-state index is 12.4. The number of ether oxygens (including phenoxy) is 1. The van der Waals surface area contributed by atoms with Gasteiger partial charge in [-0.05, 0) is 30.0 Å². The summed E-state index contributed by atoms with van der Waals surface area (Å²) in [6.07, 6.45) is 0.858. The third kappa shape index (κ3) is 3.30. The lowest BCUT2D eigenvalue weighted by Crippen LogP contribution is -2.29. The zero-order valence-corrected chi connectivity index (χ0v) is 12.4. The summed E-state index contributed by atoms with van der Waals surface area (Å²) < 4.78 is 5.22. The van der Waals surface area contributed by atoms with E-state index in [-0.39, 0.29) is 5.91 Å². The minimum Gasteiger partial charge on any atom is -0.496 e. The average Bonchev–Trinajstić information content (AvgIpc) is 2.97. The normalized spacial score (nSPS) is 10.3. The van der Waals surface area contributed by atoms with Gasteiger partial charge in [0.05, 0.1) is 12.7 Å². The third-order valence-electron chi connectivity index (χ3n) is 3.08. The maximum Gasteiger partial charge on any atom is 0.257 e. The van der Waals surface area contributed by atoms with Crippen molar-refractivity contribution in [3.05, 3.63) is 46.2 Å². The summed E-state index contributed by atoms with van der Waals surface area (Å²) in [6.45, 7) is 0.673. The average molecular weight is 290 g/mol. The van der Waals surface area contributed by atoms with E-state index in [9.17, 15) is 4.79 Å². The second-order valence-electron chi connectivity index (χ2n) is 4.52. The lowest BCUT2D eigenvalue weighted by Gasteiger charge is -2.18. The molecule has 0 fully saturated rings. The van der Waals surface area contributed by atoms with E-state index in [0.29, 0.717) is 23.5 Å². The van der Waals surface area contributed by atoms with E-state index in [1.165, 1.54) is 12.0 Å². The van der Waals surface area contributed by atoms with Gasteiger partial charge < -0.3 is 15.4 Å². The van der Waals surface area contributed by atoms with Crippen LogP contribution in [0.15, 0.2) is 35.7 Å². The van der Waals surface area contributed by atoms with E-state index >= 15 is 0 Å². The molecule has 2 rings (SSSR count). The van der Waals surface area contributed by atoms with Gasteiger partial charge in [0.2, 0.25) is 0 Å². The van der Waals surface area contributed by atoms with Crippen molar-refractivity contribution in [3.8, 4) is 5.75 Å². The summed E-state index contributed by atoms with van der Waals surface area (Å²) in [4.78, 5) is 15.4. The highest BCUT2D eigenvalue weighted by atomic mass is 32.1. The molecule has 0 atom stereocenters. The molecule has 0 unspecified atom stereocenters. The van der Waals surface area contributed by atoms with Crippen molar-refractivity contribution in [2.75, 3.05) is 26.4 Å². The first-order valence-electron chi connectivity index (χ1n) is 6.33. The van der Waals surface area contributed by atoms with Crippen LogP contribution in [0, 0.1) is 0 Å². The molecule has 1 aromatic heterocycles. The van der Waals surface area contributed by atoms with Crippen LogP contribution in [0.5, 0.6) is 5.75 Å². The lowest BCUT2D eigenvalue weighted by molar-refractivity contribution is 0.0793. The molecular formula is C15H18N2O2S. The standard InChI is InChI=1S/C15H18N2O2S/c1-17(8-7-12-4-3-9-20-12)15(18)13-6-5-11(16)10-14(13)19-2/h3-6,9-10H,7-8,16H2,1-2H3. The molecule has 2 aromatic rings. The van der Waals surface area contributed by atoms with Gasteiger partial charge in [-0.25, -0.2) is 0 Å². The van der Waals surface area contributed by atoms with E-state index in [4.69, 9.17) is 10.5 Å². The second kappa shape index (κ2) is 6.43. The fourth-order valence-electron chi connectivity index (χ4n) is 1.92. The molecule has 2 N–H and O–H groups in total. The van der Waals surface area contributed by atoms with Crippen LogP contribution < -0.4 is 10.5 Å². The minimum absolute atomic E-state index is 0.0570. The summed E-state index contributed by atoms with van der Waals surface area (Å²) in [6, 6.07) is 9.18. The van der Waals surface area contributed by atoms with Crippen molar-refractivity contribution in [3.63, 3.8) is 0 Å². The molecule has 106 valence electrons. The second-order valence-corrected chi connectivity index (χ2v) is 5.55. The fourth-order valence-corrected chi connectivity index (χ4v) is 2.62. The number of rotatable bonds is 5. The molecule has 1 amide bonds. The highest BCUT2D eigenvalue weighted by molar-refractivity contribution is 7.09. The topological polar surface area (TPSA) is 55.6 Å². The first-order chi connectivity index (χ1) is 9.61. The van der Waals surface area contributed by atoms with Crippen molar-refractivity contribution in [2.24, 2.45) is 0 Å². The predicted octanol–water partition coefficient (Wildman–Crippen LogP) is 2.65. The van der Waals surface area contributed by atoms with Gasteiger partial charge >= 0.3 is 0 Å². The van der Waals surface area contributed by atoms with Crippen LogP contribution in [0.1, 0.15) is 15.2 Å². The minimum atomic E-state index is -0.0570. The van der Waals surface area contributed by atoms with Crippen molar-refractivity contribution < 1.29 is 9.53 Å². The van der Waals surface area contributed by atoms with Gasteiger partial charge in [0.1, 0.15) is 5.75 Å². The van der Waals surface area contributed by atoms with E-state index in [2.05, 4.69) is 6.07 Å². The summed E-state index contributed by atoms with van der Waals surface area (Å²) in [5, 5.41) is 2.04. The van der Waals surface area contributed by atoms with Gasteiger partial charge in [0.15, 0.2) is 0 Å². The molecule has 20 heavy (non-hydrogen) atoms. The summed E-state index contributed by atoms with van der Waals surface area (Å²) in [5.74, 6) is 0.455. The number of carbonyl (C=O) groups is 1. The number of benzene rings is 1. The molecule has 0 spiro atoms. The molecular weight excluding hydrogens is 272 g/mol. The summed E-state index contributed by atoms with van der Waals surface area (Å²) >= 11 is 1.70. The Bertz CT molecular complexity index is 582. The van der Waals surface area contributed by atoms with Crippen LogP contribution >= 0.6 is 11.3 Å². The Hall–Kier alpha value is -2.01. The highest BCUT2D eigenvalue weighted by Crippen LogP contribution is 2.23. The zero-order valence-electron chi connectivity index (χ0n) is 11.6. The molecule has 0 saturated heterocycles. The molecule has 0 aliphatic carbocycles. The van der Waals surface area contributed by atoms with Gasteiger partial charge in [0.25, 0.3) is 5.91 Å². The van der Waals surface area contributed by atoms with Crippen molar-refractivity contribution >= 4 is 22.9 Å². The summed E-state index contributed by atoms with van der Waals surface area (Å²) in [5.41, 5.74) is 6.82. The quantitative estimate of drug-likeness (QED) is 0.861. The maximum atomic E-state index is 12.4. The Morgan fingerprint density at radius 3 is 2.85 bits per heavy atom. The molecule has 0 saturated carbocycles. The Balaban J connectivity index is 2.06. The smallest absolute Gasteiger partial charge is 0.257 e. The van der Waals surface area contributed by atoms with Crippen LogP contribution in [-0.4, -0.2) is 31.5 Å². The van der Waals surface area contributed by atoms with Crippen LogP contribution in [0.3, 0.4) is 0 Å². The number of nitrogen functional groups attached to an aromatic ring is 1. The van der Waals surface area contributed by atoms with E-state index in [1.807, 2.05) is 11.4 Å². The van der Waals surface area contributed by atoms with Gasteiger partial charge in [0, 0.05) is 30.2 Å². The van der Waals surface area contributed by atoms with Crippen LogP contribution in [0.4, 0.5) is 5.69 Å². The molecule has 5 heteroatoms. The molecule has 1 aromatic carbocycles. The predicted molar refractivity (Wildman–Crippen MR) is 82.4 cm³/mol. The van der Waals surface area contributed by atoms with Crippen LogP contribution in [-0.2, 0) is 6.42 Å². The number of likely N-dealkylation sites (N-methyl/N-ethyl adjacent to an activating group) is 1. The number of anilines is 1. The van der Waals surface area contributed by atoms with E-state index in [1.54, 1.807) is 41.5 Å². The zero-order chi connectivity index (χ0) is 14.5.